The first-order chi connectivity index (χ1) is 7.91. The topological polar surface area (TPSA) is 15.3 Å². The number of hydrogen-bond donors (Lipinski definition) is 1. The van der Waals surface area contributed by atoms with Crippen LogP contribution < -0.4 is 5.32 Å². The summed E-state index contributed by atoms with van der Waals surface area (Å²) >= 11 is 0. The normalized spacial score (nSPS) is 22.9. The number of rotatable bonds is 6. The van der Waals surface area contributed by atoms with Gasteiger partial charge >= 0.3 is 0 Å². The second kappa shape index (κ2) is 6.75. The standard InChI is InChI=1S/C15H32N2/c1-13(2)16-10-6-7-14(3)17-11-8-15(4,5)9-12-17/h13-14,16H,6-12H2,1-5H3. The predicted molar refractivity (Wildman–Crippen MR) is 76.4 cm³/mol. The van der Waals surface area contributed by atoms with Crippen molar-refractivity contribution in [3.63, 3.8) is 0 Å². The van der Waals surface area contributed by atoms with Crippen LogP contribution in [-0.4, -0.2) is 36.6 Å². The average Bonchev–Trinajstić information content (AvgIpc) is 2.23. The van der Waals surface area contributed by atoms with Gasteiger partial charge in [0.25, 0.3) is 0 Å². The number of likely N-dealkylation sites (tertiary alicyclic amines) is 1. The first kappa shape index (κ1) is 15.0. The van der Waals surface area contributed by atoms with Crippen LogP contribution in [0.2, 0.25) is 0 Å². The molecule has 2 heteroatoms. The Balaban J connectivity index is 2.14. The minimum atomic E-state index is 0.579. The van der Waals surface area contributed by atoms with Crippen LogP contribution in [0, 0.1) is 5.41 Å². The van der Waals surface area contributed by atoms with Gasteiger partial charge in [0.1, 0.15) is 0 Å². The fraction of sp³-hybridized carbons (Fsp3) is 1.00. The Morgan fingerprint density at radius 1 is 1.12 bits per heavy atom. The van der Waals surface area contributed by atoms with Crippen LogP contribution in [-0.2, 0) is 0 Å². The minimum absolute atomic E-state index is 0.579. The van der Waals surface area contributed by atoms with Crippen molar-refractivity contribution < 1.29 is 0 Å². The molecule has 1 atom stereocenters. The SMILES string of the molecule is CC(C)NCCCC(C)N1CCC(C)(C)CC1. The van der Waals surface area contributed by atoms with Crippen molar-refractivity contribution in [3.8, 4) is 0 Å². The van der Waals surface area contributed by atoms with E-state index in [0.717, 1.165) is 6.04 Å². The number of nitrogens with zero attached hydrogens (tertiary/aromatic N) is 1. The second-order valence-electron chi connectivity index (χ2n) is 6.80. The summed E-state index contributed by atoms with van der Waals surface area (Å²) in [5.74, 6) is 0. The van der Waals surface area contributed by atoms with Crippen LogP contribution in [0.15, 0.2) is 0 Å². The maximum absolute atomic E-state index is 3.50. The fourth-order valence-corrected chi connectivity index (χ4v) is 2.54. The van der Waals surface area contributed by atoms with E-state index in [1.807, 2.05) is 0 Å². The molecule has 1 aliphatic rings. The maximum atomic E-state index is 3.50. The Morgan fingerprint density at radius 3 is 2.24 bits per heavy atom. The summed E-state index contributed by atoms with van der Waals surface area (Å²) < 4.78 is 0. The van der Waals surface area contributed by atoms with Gasteiger partial charge in [-0.25, -0.2) is 0 Å². The molecule has 17 heavy (non-hydrogen) atoms. The summed E-state index contributed by atoms with van der Waals surface area (Å²) in [5, 5.41) is 3.50. The molecular weight excluding hydrogens is 208 g/mol. The van der Waals surface area contributed by atoms with Gasteiger partial charge in [-0.05, 0) is 57.7 Å². The summed E-state index contributed by atoms with van der Waals surface area (Å²) in [5.41, 5.74) is 0.579. The zero-order valence-electron chi connectivity index (χ0n) is 12.6. The first-order valence-corrected chi connectivity index (χ1v) is 7.38. The van der Waals surface area contributed by atoms with E-state index in [0.29, 0.717) is 11.5 Å². The third kappa shape index (κ3) is 5.87. The lowest BCUT2D eigenvalue weighted by molar-refractivity contribution is 0.0959. The zero-order chi connectivity index (χ0) is 12.9. The minimum Gasteiger partial charge on any atom is -0.315 e. The van der Waals surface area contributed by atoms with Crippen molar-refractivity contribution in [2.24, 2.45) is 5.41 Å². The van der Waals surface area contributed by atoms with Crippen LogP contribution in [0.25, 0.3) is 0 Å². The van der Waals surface area contributed by atoms with Crippen LogP contribution in [0.3, 0.4) is 0 Å². The molecule has 1 saturated heterocycles. The van der Waals surface area contributed by atoms with Gasteiger partial charge in [0.05, 0.1) is 0 Å². The number of nitrogens with one attached hydrogen (secondary N) is 1. The maximum Gasteiger partial charge on any atom is 0.00674 e. The summed E-state index contributed by atoms with van der Waals surface area (Å²) in [6.07, 6.45) is 5.36. The van der Waals surface area contributed by atoms with Crippen LogP contribution in [0.1, 0.15) is 60.3 Å². The molecule has 2 nitrogen and oxygen atoms in total. The molecule has 0 amide bonds. The largest absolute Gasteiger partial charge is 0.315 e. The van der Waals surface area contributed by atoms with Gasteiger partial charge in [-0.3, -0.25) is 0 Å². The molecule has 0 radical (unpaired) electrons. The molecule has 0 aromatic heterocycles. The molecule has 1 fully saturated rings. The Hall–Kier alpha value is -0.0800. The van der Waals surface area contributed by atoms with Crippen LogP contribution in [0.4, 0.5) is 0 Å². The fourth-order valence-electron chi connectivity index (χ4n) is 2.54. The quantitative estimate of drug-likeness (QED) is 0.717. The van der Waals surface area contributed by atoms with Crippen molar-refractivity contribution in [2.75, 3.05) is 19.6 Å². The molecule has 1 rings (SSSR count). The van der Waals surface area contributed by atoms with E-state index in [1.165, 1.54) is 45.3 Å². The van der Waals surface area contributed by atoms with E-state index in [1.54, 1.807) is 0 Å². The van der Waals surface area contributed by atoms with E-state index >= 15 is 0 Å². The van der Waals surface area contributed by atoms with Crippen LogP contribution in [0.5, 0.6) is 0 Å². The molecular formula is C15H32N2. The highest BCUT2D eigenvalue weighted by atomic mass is 15.2. The number of piperidine rings is 1. The number of hydrogen-bond acceptors (Lipinski definition) is 2. The van der Waals surface area contributed by atoms with Crippen molar-refractivity contribution in [1.29, 1.82) is 0 Å². The monoisotopic (exact) mass is 240 g/mol. The van der Waals surface area contributed by atoms with Gasteiger partial charge in [-0.1, -0.05) is 27.7 Å². The lowest BCUT2D eigenvalue weighted by Crippen LogP contribution is -2.42. The summed E-state index contributed by atoms with van der Waals surface area (Å²) in [6, 6.07) is 1.39. The molecule has 1 unspecified atom stereocenters. The molecule has 0 spiro atoms. The van der Waals surface area contributed by atoms with Crippen molar-refractivity contribution >= 4 is 0 Å². The Morgan fingerprint density at radius 2 is 1.71 bits per heavy atom. The van der Waals surface area contributed by atoms with E-state index in [2.05, 4.69) is 44.8 Å². The highest BCUT2D eigenvalue weighted by Crippen LogP contribution is 2.30. The first-order valence-electron chi connectivity index (χ1n) is 7.38. The van der Waals surface area contributed by atoms with Gasteiger partial charge in [-0.2, -0.15) is 0 Å². The molecule has 0 aromatic carbocycles. The van der Waals surface area contributed by atoms with E-state index in [9.17, 15) is 0 Å². The van der Waals surface area contributed by atoms with Gasteiger partial charge in [0.15, 0.2) is 0 Å². The zero-order valence-corrected chi connectivity index (χ0v) is 12.6. The Bertz CT molecular complexity index is 201. The summed E-state index contributed by atoms with van der Waals surface area (Å²) in [7, 11) is 0. The lowest BCUT2D eigenvalue weighted by Gasteiger charge is -2.40. The molecule has 1 aliphatic heterocycles. The third-order valence-electron chi connectivity index (χ3n) is 4.13. The van der Waals surface area contributed by atoms with E-state index in [4.69, 9.17) is 0 Å². The van der Waals surface area contributed by atoms with Crippen molar-refractivity contribution in [1.82, 2.24) is 10.2 Å². The smallest absolute Gasteiger partial charge is 0.00674 e. The van der Waals surface area contributed by atoms with E-state index in [-0.39, 0.29) is 0 Å². The predicted octanol–water partition coefficient (Wildman–Crippen LogP) is 3.28. The molecule has 102 valence electrons. The van der Waals surface area contributed by atoms with Crippen molar-refractivity contribution in [3.05, 3.63) is 0 Å². The van der Waals surface area contributed by atoms with Gasteiger partial charge in [0, 0.05) is 12.1 Å². The molecule has 0 aromatic rings. The van der Waals surface area contributed by atoms with Crippen molar-refractivity contribution in [2.45, 2.75) is 72.4 Å². The lowest BCUT2D eigenvalue weighted by atomic mass is 9.82. The third-order valence-corrected chi connectivity index (χ3v) is 4.13. The highest BCUT2D eigenvalue weighted by molar-refractivity contribution is 4.81. The molecule has 0 bridgehead atoms. The summed E-state index contributed by atoms with van der Waals surface area (Å²) in [4.78, 5) is 2.68. The van der Waals surface area contributed by atoms with Gasteiger partial charge in [0.2, 0.25) is 0 Å². The van der Waals surface area contributed by atoms with Gasteiger partial charge in [-0.15, -0.1) is 0 Å². The Labute approximate surface area is 108 Å². The highest BCUT2D eigenvalue weighted by Gasteiger charge is 2.27. The average molecular weight is 240 g/mol. The molecule has 1 heterocycles. The molecule has 0 aliphatic carbocycles. The van der Waals surface area contributed by atoms with Gasteiger partial charge < -0.3 is 10.2 Å². The second-order valence-corrected chi connectivity index (χ2v) is 6.80. The van der Waals surface area contributed by atoms with E-state index < -0.39 is 0 Å². The molecule has 0 saturated carbocycles. The Kier molecular flexibility index (Phi) is 5.94. The summed E-state index contributed by atoms with van der Waals surface area (Å²) in [6.45, 7) is 15.4. The van der Waals surface area contributed by atoms with Crippen LogP contribution >= 0.6 is 0 Å². The molecule has 1 N–H and O–H groups in total.